The lowest BCUT2D eigenvalue weighted by Gasteiger charge is -2.27. The van der Waals surface area contributed by atoms with E-state index in [1.807, 2.05) is 10.8 Å². The van der Waals surface area contributed by atoms with Gasteiger partial charge in [-0.15, -0.1) is 0 Å². The van der Waals surface area contributed by atoms with E-state index in [0.29, 0.717) is 13.1 Å². The Labute approximate surface area is 92.5 Å². The molecule has 0 bridgehead atoms. The highest BCUT2D eigenvalue weighted by Crippen LogP contribution is 2.11. The van der Waals surface area contributed by atoms with Crippen LogP contribution in [0.15, 0.2) is 12.4 Å². The molecule has 1 amide bonds. The Bertz CT molecular complexity index is 413. The van der Waals surface area contributed by atoms with Crippen molar-refractivity contribution < 1.29 is 14.7 Å². The van der Waals surface area contributed by atoms with Gasteiger partial charge in [-0.1, -0.05) is 0 Å². The van der Waals surface area contributed by atoms with Gasteiger partial charge >= 0.3 is 5.97 Å². The molecule has 0 radical (unpaired) electrons. The van der Waals surface area contributed by atoms with Gasteiger partial charge in [-0.05, 0) is 0 Å². The molecule has 16 heavy (non-hydrogen) atoms. The van der Waals surface area contributed by atoms with Gasteiger partial charge in [0.2, 0.25) is 5.91 Å². The molecule has 0 aromatic carbocycles. The summed E-state index contributed by atoms with van der Waals surface area (Å²) in [6.07, 6.45) is 3.55. The zero-order valence-electron chi connectivity index (χ0n) is 8.80. The molecule has 1 aliphatic heterocycles. The average Bonchev–Trinajstić information content (AvgIpc) is 2.72. The van der Waals surface area contributed by atoms with E-state index in [-0.39, 0.29) is 18.7 Å². The maximum Gasteiger partial charge on any atom is 0.303 e. The fourth-order valence-electron chi connectivity index (χ4n) is 1.76. The molecule has 0 atom stereocenters. The molecule has 0 unspecified atom stereocenters. The van der Waals surface area contributed by atoms with E-state index in [9.17, 15) is 9.59 Å². The molecule has 1 N–H and O–H groups in total. The Morgan fingerprint density at radius 1 is 1.38 bits per heavy atom. The van der Waals surface area contributed by atoms with Crippen molar-refractivity contribution in [3.05, 3.63) is 18.2 Å². The molecule has 0 saturated carbocycles. The van der Waals surface area contributed by atoms with Gasteiger partial charge in [-0.3, -0.25) is 9.59 Å². The second-order valence-corrected chi connectivity index (χ2v) is 3.75. The lowest BCUT2D eigenvalue weighted by molar-refractivity contribution is -0.141. The van der Waals surface area contributed by atoms with E-state index in [1.165, 1.54) is 0 Å². The fraction of sp³-hybridized carbons (Fsp3) is 0.500. The second kappa shape index (κ2) is 4.34. The van der Waals surface area contributed by atoms with Gasteiger partial charge in [-0.25, -0.2) is 4.98 Å². The van der Waals surface area contributed by atoms with E-state index in [0.717, 1.165) is 12.4 Å². The summed E-state index contributed by atoms with van der Waals surface area (Å²) in [7, 11) is 0. The summed E-state index contributed by atoms with van der Waals surface area (Å²) in [4.78, 5) is 27.8. The van der Waals surface area contributed by atoms with Crippen molar-refractivity contribution in [2.75, 3.05) is 6.54 Å². The minimum Gasteiger partial charge on any atom is -0.481 e. The van der Waals surface area contributed by atoms with E-state index in [1.54, 1.807) is 11.1 Å². The third-order valence-corrected chi connectivity index (χ3v) is 2.65. The molecule has 86 valence electrons. The summed E-state index contributed by atoms with van der Waals surface area (Å²) in [5.74, 6) is -0.196. The van der Waals surface area contributed by atoms with Crippen LogP contribution in [0.25, 0.3) is 0 Å². The Kier molecular flexibility index (Phi) is 2.89. The van der Waals surface area contributed by atoms with E-state index in [2.05, 4.69) is 4.98 Å². The number of carboxylic acids is 1. The highest BCUT2D eigenvalue weighted by Gasteiger charge is 2.21. The summed E-state index contributed by atoms with van der Waals surface area (Å²) >= 11 is 0. The number of carboxylic acid groups (broad SMARTS) is 1. The topological polar surface area (TPSA) is 75.4 Å². The van der Waals surface area contributed by atoms with Crippen LogP contribution in [0.1, 0.15) is 18.7 Å². The van der Waals surface area contributed by atoms with Crippen molar-refractivity contribution >= 4 is 11.9 Å². The SMILES string of the molecule is O=C(O)CCC(=O)N1CCn2ccnc2C1. The summed E-state index contributed by atoms with van der Waals surface area (Å²) in [5, 5.41) is 8.50. The van der Waals surface area contributed by atoms with Crippen molar-refractivity contribution in [3.8, 4) is 0 Å². The number of hydrogen-bond donors (Lipinski definition) is 1. The first-order valence-corrected chi connectivity index (χ1v) is 5.16. The lowest BCUT2D eigenvalue weighted by atomic mass is 10.2. The van der Waals surface area contributed by atoms with Crippen LogP contribution in [0, 0.1) is 0 Å². The molecule has 0 fully saturated rings. The van der Waals surface area contributed by atoms with Crippen LogP contribution in [0.2, 0.25) is 0 Å². The summed E-state index contributed by atoms with van der Waals surface area (Å²) in [5.41, 5.74) is 0. The Morgan fingerprint density at radius 2 is 2.19 bits per heavy atom. The van der Waals surface area contributed by atoms with Gasteiger partial charge < -0.3 is 14.6 Å². The number of aliphatic carboxylic acids is 1. The first kappa shape index (κ1) is 10.7. The molecular weight excluding hydrogens is 210 g/mol. The summed E-state index contributed by atoms with van der Waals surface area (Å²) in [6, 6.07) is 0. The molecule has 0 saturated heterocycles. The molecule has 0 aliphatic carbocycles. The quantitative estimate of drug-likeness (QED) is 0.788. The van der Waals surface area contributed by atoms with Crippen LogP contribution >= 0.6 is 0 Å². The number of nitrogens with zero attached hydrogens (tertiary/aromatic N) is 3. The minimum absolute atomic E-state index is 0.0655. The second-order valence-electron chi connectivity index (χ2n) is 3.75. The molecule has 2 rings (SSSR count). The van der Waals surface area contributed by atoms with Crippen LogP contribution in [0.3, 0.4) is 0 Å². The fourth-order valence-corrected chi connectivity index (χ4v) is 1.76. The van der Waals surface area contributed by atoms with E-state index in [4.69, 9.17) is 5.11 Å². The largest absolute Gasteiger partial charge is 0.481 e. The maximum absolute atomic E-state index is 11.7. The molecule has 2 heterocycles. The van der Waals surface area contributed by atoms with Crippen molar-refractivity contribution in [1.82, 2.24) is 14.5 Å². The Balaban J connectivity index is 1.93. The molecule has 1 aromatic rings. The van der Waals surface area contributed by atoms with Gasteiger partial charge in [0.05, 0.1) is 13.0 Å². The first-order chi connectivity index (χ1) is 7.66. The highest BCUT2D eigenvalue weighted by molar-refractivity contribution is 5.80. The highest BCUT2D eigenvalue weighted by atomic mass is 16.4. The predicted octanol–water partition coefficient (Wildman–Crippen LogP) is 0.0901. The first-order valence-electron chi connectivity index (χ1n) is 5.16. The van der Waals surface area contributed by atoms with Gasteiger partial charge in [0.1, 0.15) is 5.82 Å². The van der Waals surface area contributed by atoms with Crippen molar-refractivity contribution in [3.63, 3.8) is 0 Å². The number of hydrogen-bond acceptors (Lipinski definition) is 3. The van der Waals surface area contributed by atoms with E-state index >= 15 is 0 Å². The van der Waals surface area contributed by atoms with Gasteiger partial charge in [0.25, 0.3) is 0 Å². The van der Waals surface area contributed by atoms with Crippen molar-refractivity contribution in [1.29, 1.82) is 0 Å². The smallest absolute Gasteiger partial charge is 0.303 e. The van der Waals surface area contributed by atoms with Gasteiger partial charge in [-0.2, -0.15) is 0 Å². The van der Waals surface area contributed by atoms with E-state index < -0.39 is 5.97 Å². The number of amides is 1. The molecule has 6 heteroatoms. The number of carbonyl (C=O) groups is 2. The average molecular weight is 223 g/mol. The number of rotatable bonds is 3. The Morgan fingerprint density at radius 3 is 2.94 bits per heavy atom. The van der Waals surface area contributed by atoms with Crippen LogP contribution in [0.5, 0.6) is 0 Å². The summed E-state index contributed by atoms with van der Waals surface area (Å²) < 4.78 is 2.00. The molecule has 1 aliphatic rings. The molecular formula is C10H13N3O3. The lowest BCUT2D eigenvalue weighted by Crippen LogP contribution is -2.38. The van der Waals surface area contributed by atoms with Crippen molar-refractivity contribution in [2.24, 2.45) is 0 Å². The standard InChI is InChI=1S/C10H13N3O3/c14-9(1-2-10(15)16)13-6-5-12-4-3-11-8(12)7-13/h3-4H,1-2,5-7H2,(H,15,16). The monoisotopic (exact) mass is 223 g/mol. The van der Waals surface area contributed by atoms with Crippen LogP contribution in [-0.4, -0.2) is 38.0 Å². The van der Waals surface area contributed by atoms with Crippen LogP contribution in [-0.2, 0) is 22.7 Å². The normalized spacial score (nSPS) is 14.6. The van der Waals surface area contributed by atoms with Crippen molar-refractivity contribution in [2.45, 2.75) is 25.9 Å². The van der Waals surface area contributed by atoms with Gasteiger partial charge in [0.15, 0.2) is 0 Å². The predicted molar refractivity (Wildman–Crippen MR) is 54.5 cm³/mol. The Hall–Kier alpha value is -1.85. The number of imidazole rings is 1. The maximum atomic E-state index is 11.7. The number of carbonyl (C=O) groups excluding carboxylic acids is 1. The molecule has 0 spiro atoms. The number of aromatic nitrogens is 2. The van der Waals surface area contributed by atoms with Gasteiger partial charge in [0, 0.05) is 31.9 Å². The number of fused-ring (bicyclic) bond motifs is 1. The van der Waals surface area contributed by atoms with Crippen LogP contribution in [0.4, 0.5) is 0 Å². The molecule has 6 nitrogen and oxygen atoms in total. The zero-order chi connectivity index (χ0) is 11.5. The third-order valence-electron chi connectivity index (χ3n) is 2.65. The third kappa shape index (κ3) is 2.21. The van der Waals surface area contributed by atoms with Crippen LogP contribution < -0.4 is 0 Å². The molecule has 1 aromatic heterocycles. The zero-order valence-corrected chi connectivity index (χ0v) is 8.80. The minimum atomic E-state index is -0.938. The summed E-state index contributed by atoms with van der Waals surface area (Å²) in [6.45, 7) is 1.83.